The Bertz CT molecular complexity index is 521. The second-order valence-corrected chi connectivity index (χ2v) is 5.89. The lowest BCUT2D eigenvalue weighted by Gasteiger charge is -2.09. The van der Waals surface area contributed by atoms with Crippen LogP contribution in [0.25, 0.3) is 6.08 Å². The fourth-order valence-electron chi connectivity index (χ4n) is 1.41. The molecule has 0 aromatic carbocycles. The standard InChI is InChI=1S/C11H17BNO6P/c1-13(2)5-3-6-18-10-9(14)8(19-11(10)12)4-7-20(15,16)17/h4,7,14H,3,5-6H2,1-2H3,(H2,15,16,17)/b7-4+. The Balaban J connectivity index is 2.72. The lowest BCUT2D eigenvalue weighted by Crippen LogP contribution is -2.16. The highest BCUT2D eigenvalue weighted by Crippen LogP contribution is 2.39. The molecule has 110 valence electrons. The Kier molecular flexibility index (Phi) is 5.89. The summed E-state index contributed by atoms with van der Waals surface area (Å²) in [5.74, 6) is 0.0560. The maximum Gasteiger partial charge on any atom is 0.349 e. The van der Waals surface area contributed by atoms with E-state index in [1.807, 2.05) is 19.0 Å². The van der Waals surface area contributed by atoms with Crippen LogP contribution < -0.4 is 10.4 Å². The van der Waals surface area contributed by atoms with E-state index in [1.54, 1.807) is 0 Å². The molecule has 0 saturated heterocycles. The van der Waals surface area contributed by atoms with Gasteiger partial charge >= 0.3 is 7.60 Å². The Morgan fingerprint density at radius 1 is 1.45 bits per heavy atom. The van der Waals surface area contributed by atoms with Gasteiger partial charge in [-0.25, -0.2) is 0 Å². The summed E-state index contributed by atoms with van der Waals surface area (Å²) in [6.07, 6.45) is 1.68. The third-order valence-electron chi connectivity index (χ3n) is 2.31. The minimum Gasteiger partial charge on any atom is -0.502 e. The van der Waals surface area contributed by atoms with Gasteiger partial charge in [0.05, 0.1) is 12.3 Å². The Labute approximate surface area is 118 Å². The number of furan rings is 1. The number of rotatable bonds is 7. The molecule has 7 nitrogen and oxygen atoms in total. The highest BCUT2D eigenvalue weighted by atomic mass is 31.2. The van der Waals surface area contributed by atoms with Crippen LogP contribution in [-0.2, 0) is 4.57 Å². The molecule has 1 aromatic rings. The van der Waals surface area contributed by atoms with Crippen molar-refractivity contribution in [2.75, 3.05) is 27.2 Å². The summed E-state index contributed by atoms with van der Waals surface area (Å²) in [7, 11) is 5.05. The van der Waals surface area contributed by atoms with Gasteiger partial charge < -0.3 is 28.9 Å². The SMILES string of the molecule is [B]c1oc(/C=C/P(=O)(O)O)c(O)c1OCCCN(C)C. The minimum absolute atomic E-state index is 0.0193. The van der Waals surface area contributed by atoms with Crippen molar-refractivity contribution >= 4 is 27.2 Å². The summed E-state index contributed by atoms with van der Waals surface area (Å²) in [5, 5.41) is 9.80. The molecule has 0 unspecified atom stereocenters. The maximum absolute atomic E-state index is 10.7. The van der Waals surface area contributed by atoms with Crippen molar-refractivity contribution in [3.63, 3.8) is 0 Å². The van der Waals surface area contributed by atoms with Crippen molar-refractivity contribution in [3.8, 4) is 11.5 Å². The molecule has 0 atom stereocenters. The summed E-state index contributed by atoms with van der Waals surface area (Å²) in [5.41, 5.74) is -0.141. The van der Waals surface area contributed by atoms with Gasteiger partial charge in [0.25, 0.3) is 0 Å². The van der Waals surface area contributed by atoms with Crippen LogP contribution in [0.2, 0.25) is 0 Å². The predicted molar refractivity (Wildman–Crippen MR) is 75.5 cm³/mol. The molecule has 1 heterocycles. The van der Waals surface area contributed by atoms with Gasteiger partial charge in [0.1, 0.15) is 0 Å². The van der Waals surface area contributed by atoms with E-state index in [9.17, 15) is 9.67 Å². The smallest absolute Gasteiger partial charge is 0.349 e. The maximum atomic E-state index is 10.7. The van der Waals surface area contributed by atoms with E-state index in [1.165, 1.54) is 0 Å². The molecular formula is C11H17BNO6P. The lowest BCUT2D eigenvalue weighted by molar-refractivity contribution is 0.273. The number of ether oxygens (including phenoxy) is 1. The summed E-state index contributed by atoms with van der Waals surface area (Å²) in [6.45, 7) is 1.14. The molecule has 0 saturated carbocycles. The number of nitrogens with zero attached hydrogens (tertiary/aromatic N) is 1. The van der Waals surface area contributed by atoms with Gasteiger partial charge in [-0.05, 0) is 26.6 Å². The van der Waals surface area contributed by atoms with Gasteiger partial charge in [0.2, 0.25) is 5.75 Å². The van der Waals surface area contributed by atoms with Crippen LogP contribution in [0.4, 0.5) is 0 Å². The summed E-state index contributed by atoms with van der Waals surface area (Å²) < 4.78 is 21.0. The van der Waals surface area contributed by atoms with Crippen molar-refractivity contribution < 1.29 is 28.6 Å². The fourth-order valence-corrected chi connectivity index (χ4v) is 1.74. The van der Waals surface area contributed by atoms with E-state index < -0.39 is 7.60 Å². The Hall–Kier alpha value is -1.21. The molecular weight excluding hydrogens is 284 g/mol. The molecule has 0 amide bonds. The molecule has 9 heteroatoms. The van der Waals surface area contributed by atoms with Gasteiger partial charge in [0, 0.05) is 12.4 Å². The lowest BCUT2D eigenvalue weighted by atomic mass is 10.1. The molecule has 2 radical (unpaired) electrons. The van der Waals surface area contributed by atoms with Crippen molar-refractivity contribution in [3.05, 3.63) is 11.6 Å². The van der Waals surface area contributed by atoms with Gasteiger partial charge in [-0.2, -0.15) is 0 Å². The monoisotopic (exact) mass is 301 g/mol. The molecule has 3 N–H and O–H groups in total. The van der Waals surface area contributed by atoms with E-state index in [0.717, 1.165) is 19.0 Å². The van der Waals surface area contributed by atoms with Crippen molar-refractivity contribution in [2.45, 2.75) is 6.42 Å². The largest absolute Gasteiger partial charge is 0.502 e. The molecule has 0 aliphatic carbocycles. The zero-order valence-corrected chi connectivity index (χ0v) is 12.2. The molecule has 0 bridgehead atoms. The Morgan fingerprint density at radius 3 is 2.65 bits per heavy atom. The molecule has 0 fully saturated rings. The first kappa shape index (κ1) is 16.8. The van der Waals surface area contributed by atoms with Gasteiger partial charge in [-0.3, -0.25) is 4.57 Å². The molecule has 1 rings (SSSR count). The van der Waals surface area contributed by atoms with E-state index in [4.69, 9.17) is 26.8 Å². The van der Waals surface area contributed by atoms with Crippen LogP contribution in [0.3, 0.4) is 0 Å². The average Bonchev–Trinajstić information content (AvgIpc) is 2.57. The summed E-state index contributed by atoms with van der Waals surface area (Å²) in [6, 6.07) is 0. The van der Waals surface area contributed by atoms with E-state index in [2.05, 4.69) is 0 Å². The second kappa shape index (κ2) is 6.99. The van der Waals surface area contributed by atoms with E-state index in [0.29, 0.717) is 12.4 Å². The summed E-state index contributed by atoms with van der Waals surface area (Å²) >= 11 is 0. The highest BCUT2D eigenvalue weighted by molar-refractivity contribution is 7.55. The number of hydrogen-bond acceptors (Lipinski definition) is 5. The first-order chi connectivity index (χ1) is 9.20. The van der Waals surface area contributed by atoms with Crippen LogP contribution in [0, 0.1) is 0 Å². The van der Waals surface area contributed by atoms with Crippen molar-refractivity contribution in [2.24, 2.45) is 0 Å². The normalized spacial score (nSPS) is 12.4. The van der Waals surface area contributed by atoms with Crippen molar-refractivity contribution in [1.29, 1.82) is 0 Å². The van der Waals surface area contributed by atoms with Gasteiger partial charge in [-0.15, -0.1) is 0 Å². The Morgan fingerprint density at radius 2 is 2.10 bits per heavy atom. The third kappa shape index (κ3) is 5.42. The first-order valence-electron chi connectivity index (χ1n) is 5.84. The zero-order valence-electron chi connectivity index (χ0n) is 11.3. The van der Waals surface area contributed by atoms with E-state index in [-0.39, 0.29) is 22.9 Å². The molecule has 20 heavy (non-hydrogen) atoms. The average molecular weight is 301 g/mol. The molecule has 0 spiro atoms. The summed E-state index contributed by atoms with van der Waals surface area (Å²) in [4.78, 5) is 19.4. The second-order valence-electron chi connectivity index (χ2n) is 4.42. The van der Waals surface area contributed by atoms with Crippen LogP contribution in [0.1, 0.15) is 12.2 Å². The van der Waals surface area contributed by atoms with Gasteiger partial charge in [-0.1, -0.05) is 0 Å². The first-order valence-corrected chi connectivity index (χ1v) is 7.52. The van der Waals surface area contributed by atoms with Crippen LogP contribution >= 0.6 is 7.60 Å². The minimum atomic E-state index is -4.33. The quantitative estimate of drug-likeness (QED) is 0.377. The van der Waals surface area contributed by atoms with Gasteiger partial charge in [0.15, 0.2) is 19.4 Å². The molecule has 0 aliphatic heterocycles. The number of aromatic hydroxyl groups is 1. The molecule has 0 aliphatic rings. The van der Waals surface area contributed by atoms with Crippen LogP contribution in [0.5, 0.6) is 11.5 Å². The fraction of sp³-hybridized carbons (Fsp3) is 0.455. The highest BCUT2D eigenvalue weighted by Gasteiger charge is 2.17. The van der Waals surface area contributed by atoms with E-state index >= 15 is 0 Å². The number of hydrogen-bond donors (Lipinski definition) is 3. The van der Waals surface area contributed by atoms with Crippen LogP contribution in [-0.4, -0.2) is 54.9 Å². The molecule has 1 aromatic heterocycles. The zero-order chi connectivity index (χ0) is 15.3. The van der Waals surface area contributed by atoms with Crippen molar-refractivity contribution in [1.82, 2.24) is 4.90 Å². The predicted octanol–water partition coefficient (Wildman–Crippen LogP) is 0.258. The van der Waals surface area contributed by atoms with Crippen LogP contribution in [0.15, 0.2) is 10.2 Å². The topological polar surface area (TPSA) is 103 Å². The third-order valence-corrected chi connectivity index (χ3v) is 2.85.